The fourth-order valence-electron chi connectivity index (χ4n) is 2.82. The van der Waals surface area contributed by atoms with Crippen molar-refractivity contribution in [2.24, 2.45) is 0 Å². The summed E-state index contributed by atoms with van der Waals surface area (Å²) in [5, 5.41) is 7.96. The summed E-state index contributed by atoms with van der Waals surface area (Å²) < 4.78 is 0. The van der Waals surface area contributed by atoms with E-state index in [4.69, 9.17) is 0 Å². The smallest absolute Gasteiger partial charge is 0.126 e. The van der Waals surface area contributed by atoms with Gasteiger partial charge in [-0.05, 0) is 34.9 Å². The number of benzene rings is 2. The van der Waals surface area contributed by atoms with Gasteiger partial charge in [0.15, 0.2) is 0 Å². The van der Waals surface area contributed by atoms with Crippen molar-refractivity contribution in [1.82, 2.24) is 10.3 Å². The fourth-order valence-corrected chi connectivity index (χ4v) is 2.82. The van der Waals surface area contributed by atoms with Gasteiger partial charge in [-0.15, -0.1) is 0 Å². The van der Waals surface area contributed by atoms with Crippen LogP contribution in [0.4, 0.5) is 5.82 Å². The molecule has 104 valence electrons. The van der Waals surface area contributed by atoms with Crippen molar-refractivity contribution in [2.75, 3.05) is 5.32 Å². The van der Waals surface area contributed by atoms with Gasteiger partial charge < -0.3 is 10.6 Å². The highest BCUT2D eigenvalue weighted by molar-refractivity contribution is 5.80. The molecule has 1 aromatic heterocycles. The van der Waals surface area contributed by atoms with Crippen LogP contribution < -0.4 is 10.6 Å². The predicted octanol–water partition coefficient (Wildman–Crippen LogP) is 3.45. The third-order valence-corrected chi connectivity index (χ3v) is 3.97. The summed E-state index contributed by atoms with van der Waals surface area (Å²) in [6, 6.07) is 19.0. The molecule has 0 saturated carbocycles. The minimum absolute atomic E-state index is 0.804. The van der Waals surface area contributed by atoms with Crippen LogP contribution in [-0.2, 0) is 19.6 Å². The summed E-state index contributed by atoms with van der Waals surface area (Å²) in [6.45, 7) is 2.78. The molecule has 2 aromatic carbocycles. The minimum Gasteiger partial charge on any atom is -0.366 e. The SMILES string of the molecule is c1ccc2nc(NCc3ccc4c(c3)CNC4)ccc2c1. The zero-order valence-corrected chi connectivity index (χ0v) is 11.8. The van der Waals surface area contributed by atoms with Crippen LogP contribution in [0.25, 0.3) is 10.9 Å². The van der Waals surface area contributed by atoms with Gasteiger partial charge in [0.2, 0.25) is 0 Å². The summed E-state index contributed by atoms with van der Waals surface area (Å²) in [5.74, 6) is 0.923. The molecular weight excluding hydrogens is 258 g/mol. The molecule has 3 nitrogen and oxygen atoms in total. The van der Waals surface area contributed by atoms with Crippen LogP contribution in [0, 0.1) is 0 Å². The molecule has 3 aromatic rings. The lowest BCUT2D eigenvalue weighted by Crippen LogP contribution is -2.02. The average Bonchev–Trinajstić information content (AvgIpc) is 3.00. The van der Waals surface area contributed by atoms with Crippen LogP contribution in [-0.4, -0.2) is 4.98 Å². The molecule has 0 aliphatic carbocycles. The molecule has 0 spiro atoms. The molecule has 0 amide bonds. The standard InChI is InChI=1S/C18H17N3/c1-2-4-17-14(3-1)7-8-18(21-17)20-10-13-5-6-15-11-19-12-16(15)9-13/h1-9,19H,10-12H2,(H,20,21). The number of aromatic nitrogens is 1. The summed E-state index contributed by atoms with van der Waals surface area (Å²) in [6.07, 6.45) is 0. The Kier molecular flexibility index (Phi) is 3.05. The van der Waals surface area contributed by atoms with Gasteiger partial charge in [0, 0.05) is 25.0 Å². The Balaban J connectivity index is 1.52. The van der Waals surface area contributed by atoms with Crippen molar-refractivity contribution in [3.63, 3.8) is 0 Å². The van der Waals surface area contributed by atoms with Gasteiger partial charge in [0.25, 0.3) is 0 Å². The number of pyridine rings is 1. The first-order valence-electron chi connectivity index (χ1n) is 7.29. The maximum atomic E-state index is 4.64. The topological polar surface area (TPSA) is 37.0 Å². The second kappa shape index (κ2) is 5.19. The molecule has 0 bridgehead atoms. The molecule has 0 atom stereocenters. The van der Waals surface area contributed by atoms with Crippen molar-refractivity contribution in [3.05, 3.63) is 71.3 Å². The largest absolute Gasteiger partial charge is 0.366 e. The Morgan fingerprint density at radius 1 is 0.952 bits per heavy atom. The van der Waals surface area contributed by atoms with E-state index < -0.39 is 0 Å². The van der Waals surface area contributed by atoms with Gasteiger partial charge in [0.1, 0.15) is 5.82 Å². The number of hydrogen-bond acceptors (Lipinski definition) is 3. The minimum atomic E-state index is 0.804. The summed E-state index contributed by atoms with van der Waals surface area (Å²) >= 11 is 0. The molecule has 2 heterocycles. The zero-order chi connectivity index (χ0) is 14.1. The molecule has 0 radical (unpaired) electrons. The lowest BCUT2D eigenvalue weighted by molar-refractivity contribution is 0.764. The van der Waals surface area contributed by atoms with Crippen LogP contribution in [0.1, 0.15) is 16.7 Å². The van der Waals surface area contributed by atoms with Crippen LogP contribution >= 0.6 is 0 Å². The van der Waals surface area contributed by atoms with E-state index in [0.717, 1.165) is 31.0 Å². The third kappa shape index (κ3) is 2.48. The molecule has 3 heteroatoms. The lowest BCUT2D eigenvalue weighted by atomic mass is 10.1. The molecule has 1 aliphatic rings. The van der Waals surface area contributed by atoms with Gasteiger partial charge in [-0.2, -0.15) is 0 Å². The molecule has 4 rings (SSSR count). The number of nitrogens with zero attached hydrogens (tertiary/aromatic N) is 1. The Bertz CT molecular complexity index is 795. The van der Waals surface area contributed by atoms with Crippen molar-refractivity contribution >= 4 is 16.7 Å². The molecule has 21 heavy (non-hydrogen) atoms. The highest BCUT2D eigenvalue weighted by Gasteiger charge is 2.09. The predicted molar refractivity (Wildman–Crippen MR) is 86.1 cm³/mol. The van der Waals surface area contributed by atoms with Crippen LogP contribution in [0.15, 0.2) is 54.6 Å². The van der Waals surface area contributed by atoms with Crippen molar-refractivity contribution in [1.29, 1.82) is 0 Å². The van der Waals surface area contributed by atoms with Crippen molar-refractivity contribution in [3.8, 4) is 0 Å². The van der Waals surface area contributed by atoms with Crippen LogP contribution in [0.3, 0.4) is 0 Å². The van der Waals surface area contributed by atoms with E-state index in [-0.39, 0.29) is 0 Å². The third-order valence-electron chi connectivity index (χ3n) is 3.97. The quantitative estimate of drug-likeness (QED) is 0.768. The van der Waals surface area contributed by atoms with E-state index >= 15 is 0 Å². The molecule has 0 saturated heterocycles. The van der Waals surface area contributed by atoms with E-state index in [9.17, 15) is 0 Å². The summed E-state index contributed by atoms with van der Waals surface area (Å²) in [5.41, 5.74) is 5.16. The fraction of sp³-hybridized carbons (Fsp3) is 0.167. The summed E-state index contributed by atoms with van der Waals surface area (Å²) in [7, 11) is 0. The number of anilines is 1. The van der Waals surface area contributed by atoms with E-state index in [1.165, 1.54) is 22.1 Å². The van der Waals surface area contributed by atoms with Gasteiger partial charge in [0.05, 0.1) is 5.52 Å². The molecule has 0 fully saturated rings. The van der Waals surface area contributed by atoms with Gasteiger partial charge in [-0.3, -0.25) is 0 Å². The second-order valence-corrected chi connectivity index (χ2v) is 5.45. The van der Waals surface area contributed by atoms with E-state index in [2.05, 4.69) is 45.9 Å². The average molecular weight is 275 g/mol. The maximum absolute atomic E-state index is 4.64. The van der Waals surface area contributed by atoms with Crippen molar-refractivity contribution in [2.45, 2.75) is 19.6 Å². The first-order chi connectivity index (χ1) is 10.4. The summed E-state index contributed by atoms with van der Waals surface area (Å²) in [4.78, 5) is 4.64. The highest BCUT2D eigenvalue weighted by atomic mass is 15.0. The number of fused-ring (bicyclic) bond motifs is 2. The second-order valence-electron chi connectivity index (χ2n) is 5.45. The Morgan fingerprint density at radius 3 is 2.86 bits per heavy atom. The van der Waals surface area contributed by atoms with Gasteiger partial charge in [-0.1, -0.05) is 36.4 Å². The molecule has 0 unspecified atom stereocenters. The zero-order valence-electron chi connectivity index (χ0n) is 11.8. The number of para-hydroxylation sites is 1. The molecule has 1 aliphatic heterocycles. The highest BCUT2D eigenvalue weighted by Crippen LogP contribution is 2.19. The van der Waals surface area contributed by atoms with E-state index in [1.54, 1.807) is 0 Å². The number of rotatable bonds is 3. The van der Waals surface area contributed by atoms with E-state index in [0.29, 0.717) is 0 Å². The molecule has 2 N–H and O–H groups in total. The maximum Gasteiger partial charge on any atom is 0.126 e. The normalized spacial score (nSPS) is 13.3. The number of hydrogen-bond donors (Lipinski definition) is 2. The number of nitrogens with one attached hydrogen (secondary N) is 2. The lowest BCUT2D eigenvalue weighted by Gasteiger charge is -2.08. The van der Waals surface area contributed by atoms with E-state index in [1.807, 2.05) is 24.3 Å². The first kappa shape index (κ1) is 12.4. The van der Waals surface area contributed by atoms with Crippen LogP contribution in [0.5, 0.6) is 0 Å². The van der Waals surface area contributed by atoms with Gasteiger partial charge in [-0.25, -0.2) is 4.98 Å². The van der Waals surface area contributed by atoms with Crippen LogP contribution in [0.2, 0.25) is 0 Å². The Morgan fingerprint density at radius 2 is 1.86 bits per heavy atom. The Hall–Kier alpha value is -2.39. The Labute approximate surface area is 124 Å². The van der Waals surface area contributed by atoms with Crippen molar-refractivity contribution < 1.29 is 0 Å². The first-order valence-corrected chi connectivity index (χ1v) is 7.29. The molecular formula is C18H17N3. The monoisotopic (exact) mass is 275 g/mol. The van der Waals surface area contributed by atoms with Gasteiger partial charge >= 0.3 is 0 Å².